The Morgan fingerprint density at radius 3 is 2.56 bits per heavy atom. The van der Waals surface area contributed by atoms with Crippen LogP contribution in [0.1, 0.15) is 48.0 Å². The number of rotatable bonds is 6. The van der Waals surface area contributed by atoms with E-state index in [0.29, 0.717) is 22.4 Å². The maximum Gasteiger partial charge on any atom is 0.270 e. The molecule has 1 amide bonds. The van der Waals surface area contributed by atoms with Gasteiger partial charge in [0.25, 0.3) is 5.91 Å². The molecule has 1 aromatic heterocycles. The van der Waals surface area contributed by atoms with Gasteiger partial charge in [0, 0.05) is 30.1 Å². The van der Waals surface area contributed by atoms with E-state index in [1.807, 2.05) is 20.8 Å². The van der Waals surface area contributed by atoms with Crippen molar-refractivity contribution < 1.29 is 14.3 Å². The van der Waals surface area contributed by atoms with Crippen molar-refractivity contribution in [3.8, 4) is 11.8 Å². The summed E-state index contributed by atoms with van der Waals surface area (Å²) in [5.74, 6) is 0.249. The van der Waals surface area contributed by atoms with Crippen LogP contribution in [-0.4, -0.2) is 29.3 Å². The van der Waals surface area contributed by atoms with Gasteiger partial charge in [0.15, 0.2) is 0 Å². The van der Waals surface area contributed by atoms with Gasteiger partial charge < -0.3 is 10.1 Å². The third-order valence-electron chi connectivity index (χ3n) is 3.74. The predicted molar refractivity (Wildman–Crippen MR) is 102 cm³/mol. The molecule has 0 bridgehead atoms. The minimum atomic E-state index is -0.368. The number of carbonyl (C=O) groups is 2. The van der Waals surface area contributed by atoms with Crippen molar-refractivity contribution in [3.05, 3.63) is 58.9 Å². The van der Waals surface area contributed by atoms with Crippen LogP contribution in [0.2, 0.25) is 0 Å². The molecule has 0 aliphatic rings. The summed E-state index contributed by atoms with van der Waals surface area (Å²) in [6.45, 7) is 5.67. The van der Waals surface area contributed by atoms with Crippen LogP contribution in [0.25, 0.3) is 0 Å². The van der Waals surface area contributed by atoms with Crippen molar-refractivity contribution >= 4 is 11.7 Å². The molecule has 1 aromatic carbocycles. The zero-order valence-corrected chi connectivity index (χ0v) is 16.0. The van der Waals surface area contributed by atoms with Gasteiger partial charge in [0.2, 0.25) is 0 Å². The van der Waals surface area contributed by atoms with E-state index in [2.05, 4.69) is 16.4 Å². The topological polar surface area (TPSA) is 92.1 Å². The second-order valence-corrected chi connectivity index (χ2v) is 7.28. The van der Waals surface area contributed by atoms with Crippen molar-refractivity contribution in [1.82, 2.24) is 10.3 Å². The van der Waals surface area contributed by atoms with Crippen LogP contribution in [0.15, 0.2) is 36.5 Å². The minimum absolute atomic E-state index is 0.0447. The number of Topliss-reactive ketones (excluding diaryl/α,β-unsaturated/α-hetero) is 1. The molecule has 0 fully saturated rings. The highest BCUT2D eigenvalue weighted by molar-refractivity contribution is 5.93. The number of nitriles is 1. The first-order chi connectivity index (χ1) is 12.7. The van der Waals surface area contributed by atoms with Gasteiger partial charge in [-0.1, -0.05) is 0 Å². The summed E-state index contributed by atoms with van der Waals surface area (Å²) in [7, 11) is 1.53. The molecule has 0 atom stereocenters. The van der Waals surface area contributed by atoms with Gasteiger partial charge in [0.05, 0.1) is 18.7 Å². The van der Waals surface area contributed by atoms with E-state index in [1.165, 1.54) is 13.3 Å². The number of methoxy groups -OCH3 is 1. The van der Waals surface area contributed by atoms with Crippen molar-refractivity contribution in [2.24, 2.45) is 0 Å². The number of hydrogen-bond acceptors (Lipinski definition) is 5. The normalized spacial score (nSPS) is 10.8. The summed E-state index contributed by atoms with van der Waals surface area (Å²) in [6.07, 6.45) is 1.83. The molecule has 0 spiro atoms. The smallest absolute Gasteiger partial charge is 0.270 e. The quantitative estimate of drug-likeness (QED) is 0.850. The lowest BCUT2D eigenvalue weighted by Crippen LogP contribution is -2.40. The zero-order valence-electron chi connectivity index (χ0n) is 16.0. The summed E-state index contributed by atoms with van der Waals surface area (Å²) in [5, 5.41) is 11.9. The van der Waals surface area contributed by atoms with Crippen molar-refractivity contribution in [2.75, 3.05) is 7.11 Å². The number of carbonyl (C=O) groups excluding carboxylic acids is 2. The zero-order chi connectivity index (χ0) is 20.0. The summed E-state index contributed by atoms with van der Waals surface area (Å²) in [4.78, 5) is 28.8. The first-order valence-corrected chi connectivity index (χ1v) is 8.58. The predicted octanol–water partition coefficient (Wildman–Crippen LogP) is 2.84. The van der Waals surface area contributed by atoms with E-state index in [1.54, 1.807) is 30.3 Å². The lowest BCUT2D eigenvalue weighted by Gasteiger charge is -2.20. The molecule has 140 valence electrons. The van der Waals surface area contributed by atoms with Gasteiger partial charge >= 0.3 is 0 Å². The third-order valence-corrected chi connectivity index (χ3v) is 3.74. The first kappa shape index (κ1) is 20.1. The van der Waals surface area contributed by atoms with Gasteiger partial charge in [0.1, 0.15) is 17.2 Å². The van der Waals surface area contributed by atoms with Gasteiger partial charge in [-0.2, -0.15) is 5.26 Å². The molecule has 0 unspecified atom stereocenters. The highest BCUT2D eigenvalue weighted by Crippen LogP contribution is 2.21. The number of amides is 1. The number of pyridine rings is 1. The van der Waals surface area contributed by atoms with E-state index in [0.717, 1.165) is 0 Å². The maximum absolute atomic E-state index is 12.5. The Balaban J connectivity index is 2.12. The Morgan fingerprint density at radius 2 is 1.93 bits per heavy atom. The maximum atomic E-state index is 12.5. The number of hydrogen-bond donors (Lipinski definition) is 1. The SMILES string of the molecule is COc1ccc(C#N)cc1CC(=O)Cc1ccnc(C(=O)NC(C)(C)C)c1. The molecular formula is C21H23N3O3. The highest BCUT2D eigenvalue weighted by atomic mass is 16.5. The van der Waals surface area contributed by atoms with Gasteiger partial charge in [-0.15, -0.1) is 0 Å². The van der Waals surface area contributed by atoms with Gasteiger partial charge in [-0.3, -0.25) is 14.6 Å². The van der Waals surface area contributed by atoms with Crippen LogP contribution in [0.4, 0.5) is 0 Å². The molecule has 2 rings (SSSR count). The average Bonchev–Trinajstić information content (AvgIpc) is 2.60. The molecule has 0 saturated heterocycles. The van der Waals surface area contributed by atoms with E-state index in [-0.39, 0.29) is 35.8 Å². The van der Waals surface area contributed by atoms with Crippen LogP contribution in [0, 0.1) is 11.3 Å². The Kier molecular flexibility index (Phi) is 6.30. The van der Waals surface area contributed by atoms with Crippen LogP contribution in [0.3, 0.4) is 0 Å². The number of ketones is 1. The fraction of sp³-hybridized carbons (Fsp3) is 0.333. The lowest BCUT2D eigenvalue weighted by atomic mass is 10.0. The Bertz CT molecular complexity index is 892. The Morgan fingerprint density at radius 1 is 1.19 bits per heavy atom. The summed E-state index contributed by atoms with van der Waals surface area (Å²) >= 11 is 0. The fourth-order valence-electron chi connectivity index (χ4n) is 2.60. The van der Waals surface area contributed by atoms with E-state index in [4.69, 9.17) is 10.00 Å². The summed E-state index contributed by atoms with van der Waals surface area (Å²) < 4.78 is 5.27. The Hall–Kier alpha value is -3.20. The van der Waals surface area contributed by atoms with Gasteiger partial charge in [-0.25, -0.2) is 0 Å². The van der Waals surface area contributed by atoms with Crippen LogP contribution >= 0.6 is 0 Å². The Labute approximate surface area is 159 Å². The third kappa shape index (κ3) is 5.93. The summed E-state index contributed by atoms with van der Waals surface area (Å²) in [5.41, 5.74) is 1.76. The standard InChI is InChI=1S/C21H23N3O3/c1-21(2,3)24-20(26)18-11-14(7-8-23-18)10-17(25)12-16-9-15(13-22)5-6-19(16)27-4/h5-9,11H,10,12H2,1-4H3,(H,24,26). The number of benzene rings is 1. The van der Waals surface area contributed by atoms with Crippen molar-refractivity contribution in [3.63, 3.8) is 0 Å². The summed E-state index contributed by atoms with van der Waals surface area (Å²) in [6, 6.07) is 10.4. The van der Waals surface area contributed by atoms with Gasteiger partial charge in [-0.05, 0) is 56.7 Å². The monoisotopic (exact) mass is 365 g/mol. The van der Waals surface area contributed by atoms with E-state index >= 15 is 0 Å². The molecule has 0 radical (unpaired) electrons. The second-order valence-electron chi connectivity index (χ2n) is 7.28. The highest BCUT2D eigenvalue weighted by Gasteiger charge is 2.17. The molecule has 1 N–H and O–H groups in total. The molecule has 0 saturated carbocycles. The molecule has 27 heavy (non-hydrogen) atoms. The van der Waals surface area contributed by atoms with E-state index in [9.17, 15) is 9.59 Å². The average molecular weight is 365 g/mol. The molecular weight excluding hydrogens is 342 g/mol. The van der Waals surface area contributed by atoms with Crippen molar-refractivity contribution in [1.29, 1.82) is 5.26 Å². The fourth-order valence-corrected chi connectivity index (χ4v) is 2.60. The van der Waals surface area contributed by atoms with E-state index < -0.39 is 0 Å². The molecule has 1 heterocycles. The van der Waals surface area contributed by atoms with Crippen LogP contribution in [0.5, 0.6) is 5.75 Å². The first-order valence-electron chi connectivity index (χ1n) is 8.58. The second kappa shape index (κ2) is 8.45. The number of nitrogens with zero attached hydrogens (tertiary/aromatic N) is 2. The van der Waals surface area contributed by atoms with Crippen molar-refractivity contribution in [2.45, 2.75) is 39.2 Å². The number of aromatic nitrogens is 1. The number of nitrogens with one attached hydrogen (secondary N) is 1. The van der Waals surface area contributed by atoms with Crippen LogP contribution < -0.4 is 10.1 Å². The lowest BCUT2D eigenvalue weighted by molar-refractivity contribution is -0.117. The molecule has 2 aromatic rings. The largest absolute Gasteiger partial charge is 0.496 e. The molecule has 0 aliphatic heterocycles. The minimum Gasteiger partial charge on any atom is -0.496 e. The molecule has 0 aliphatic carbocycles. The molecule has 6 nitrogen and oxygen atoms in total. The number of ether oxygens (including phenoxy) is 1. The molecule has 6 heteroatoms. The van der Waals surface area contributed by atoms with Crippen LogP contribution in [-0.2, 0) is 17.6 Å².